The first-order chi connectivity index (χ1) is 8.06. The van der Waals surface area contributed by atoms with Crippen molar-refractivity contribution in [2.24, 2.45) is 11.7 Å². The second kappa shape index (κ2) is 6.97. The van der Waals surface area contributed by atoms with Gasteiger partial charge in [0.1, 0.15) is 0 Å². The van der Waals surface area contributed by atoms with Crippen LogP contribution in [-0.4, -0.2) is 43.2 Å². The van der Waals surface area contributed by atoms with Gasteiger partial charge in [-0.15, -0.1) is 0 Å². The van der Waals surface area contributed by atoms with Crippen LogP contribution in [0.15, 0.2) is 0 Å². The largest absolute Gasteiger partial charge is 0.376 e. The number of likely N-dealkylation sites (N-methyl/N-ethyl adjacent to an activating group) is 1. The van der Waals surface area contributed by atoms with Crippen LogP contribution >= 0.6 is 0 Å². The maximum absolute atomic E-state index is 12.1. The van der Waals surface area contributed by atoms with Crippen LogP contribution in [0.2, 0.25) is 0 Å². The second-order valence-electron chi connectivity index (χ2n) is 5.12. The van der Waals surface area contributed by atoms with Crippen LogP contribution in [0.5, 0.6) is 0 Å². The van der Waals surface area contributed by atoms with Gasteiger partial charge in [0.25, 0.3) is 0 Å². The molecule has 0 bridgehead atoms. The Hall–Kier alpha value is -0.610. The minimum Gasteiger partial charge on any atom is -0.376 e. The summed E-state index contributed by atoms with van der Waals surface area (Å²) in [7, 11) is 1.82. The molecule has 4 heteroatoms. The number of hydrogen-bond donors (Lipinski definition) is 1. The molecule has 1 rings (SSSR count). The molecule has 4 nitrogen and oxygen atoms in total. The molecule has 2 N–H and O–H groups in total. The van der Waals surface area contributed by atoms with Crippen LogP contribution in [0.1, 0.15) is 39.5 Å². The number of nitrogens with two attached hydrogens (primary N) is 1. The minimum atomic E-state index is -0.381. The molecule has 0 radical (unpaired) electrons. The summed E-state index contributed by atoms with van der Waals surface area (Å²) in [5.74, 6) is 0.269. The highest BCUT2D eigenvalue weighted by atomic mass is 16.5. The predicted molar refractivity (Wildman–Crippen MR) is 68.7 cm³/mol. The molecule has 3 unspecified atom stereocenters. The highest BCUT2D eigenvalue weighted by Crippen LogP contribution is 2.14. The van der Waals surface area contributed by atoms with E-state index in [2.05, 4.69) is 6.92 Å². The second-order valence-corrected chi connectivity index (χ2v) is 5.12. The lowest BCUT2D eigenvalue weighted by molar-refractivity contribution is -0.134. The Morgan fingerprint density at radius 1 is 1.53 bits per heavy atom. The molecular formula is C13H26N2O2. The monoisotopic (exact) mass is 242 g/mol. The van der Waals surface area contributed by atoms with Gasteiger partial charge >= 0.3 is 0 Å². The van der Waals surface area contributed by atoms with Crippen molar-refractivity contribution in [3.63, 3.8) is 0 Å². The summed E-state index contributed by atoms with van der Waals surface area (Å²) in [5.41, 5.74) is 5.95. The third-order valence-electron chi connectivity index (χ3n) is 3.67. The first-order valence-corrected chi connectivity index (χ1v) is 6.68. The average Bonchev–Trinajstić information content (AvgIpc) is 2.37. The van der Waals surface area contributed by atoms with E-state index in [1.807, 2.05) is 14.0 Å². The number of hydrogen-bond acceptors (Lipinski definition) is 3. The van der Waals surface area contributed by atoms with Gasteiger partial charge in [-0.05, 0) is 25.2 Å². The third kappa shape index (κ3) is 4.28. The average molecular weight is 242 g/mol. The smallest absolute Gasteiger partial charge is 0.239 e. The molecule has 1 heterocycles. The number of carbonyl (C=O) groups is 1. The fourth-order valence-electron chi connectivity index (χ4n) is 2.10. The lowest BCUT2D eigenvalue weighted by Gasteiger charge is -2.30. The number of nitrogens with zero attached hydrogens (tertiary/aromatic N) is 1. The van der Waals surface area contributed by atoms with E-state index in [1.54, 1.807) is 4.90 Å². The molecule has 100 valence electrons. The summed E-state index contributed by atoms with van der Waals surface area (Å²) >= 11 is 0. The van der Waals surface area contributed by atoms with Crippen LogP contribution in [0, 0.1) is 5.92 Å². The summed E-state index contributed by atoms with van der Waals surface area (Å²) in [5, 5.41) is 0. The first kappa shape index (κ1) is 14.5. The quantitative estimate of drug-likeness (QED) is 0.792. The molecule has 0 saturated carbocycles. The van der Waals surface area contributed by atoms with Crippen molar-refractivity contribution in [3.05, 3.63) is 0 Å². The fourth-order valence-corrected chi connectivity index (χ4v) is 2.10. The van der Waals surface area contributed by atoms with E-state index in [4.69, 9.17) is 10.5 Å². The Balaban J connectivity index is 2.40. The van der Waals surface area contributed by atoms with E-state index in [-0.39, 0.29) is 24.0 Å². The van der Waals surface area contributed by atoms with Crippen molar-refractivity contribution < 1.29 is 9.53 Å². The Morgan fingerprint density at radius 2 is 2.24 bits per heavy atom. The molecular weight excluding hydrogens is 216 g/mol. The standard InChI is InChI=1S/C13H26N2O2/c1-4-10(2)12(14)13(16)15(3)9-11-7-5-6-8-17-11/h10-12H,4-9,14H2,1-3H3. The SMILES string of the molecule is CCC(C)C(N)C(=O)N(C)CC1CCCCO1. The molecule has 0 aromatic rings. The van der Waals surface area contributed by atoms with E-state index >= 15 is 0 Å². The number of amides is 1. The van der Waals surface area contributed by atoms with Gasteiger partial charge in [0.2, 0.25) is 5.91 Å². The fraction of sp³-hybridized carbons (Fsp3) is 0.923. The molecule has 0 aromatic carbocycles. The van der Waals surface area contributed by atoms with Gasteiger partial charge in [-0.2, -0.15) is 0 Å². The van der Waals surface area contributed by atoms with E-state index in [9.17, 15) is 4.79 Å². The third-order valence-corrected chi connectivity index (χ3v) is 3.67. The van der Waals surface area contributed by atoms with Crippen molar-refractivity contribution in [2.45, 2.75) is 51.7 Å². The molecule has 1 aliphatic heterocycles. The van der Waals surface area contributed by atoms with E-state index < -0.39 is 0 Å². The molecule has 1 fully saturated rings. The molecule has 0 aromatic heterocycles. The van der Waals surface area contributed by atoms with Gasteiger partial charge in [-0.1, -0.05) is 20.3 Å². The van der Waals surface area contributed by atoms with Crippen LogP contribution in [0.25, 0.3) is 0 Å². The summed E-state index contributed by atoms with van der Waals surface area (Å²) < 4.78 is 5.63. The number of ether oxygens (including phenoxy) is 1. The van der Waals surface area contributed by atoms with Crippen LogP contribution in [0.4, 0.5) is 0 Å². The Bertz CT molecular complexity index is 240. The van der Waals surface area contributed by atoms with Gasteiger partial charge in [0.15, 0.2) is 0 Å². The van der Waals surface area contributed by atoms with Gasteiger partial charge < -0.3 is 15.4 Å². The lowest BCUT2D eigenvalue weighted by atomic mass is 9.99. The minimum absolute atomic E-state index is 0.0357. The van der Waals surface area contributed by atoms with Gasteiger partial charge in [-0.25, -0.2) is 0 Å². The van der Waals surface area contributed by atoms with Crippen molar-refractivity contribution in [1.82, 2.24) is 4.90 Å². The van der Waals surface area contributed by atoms with Crippen LogP contribution in [0.3, 0.4) is 0 Å². The van der Waals surface area contributed by atoms with E-state index in [0.29, 0.717) is 6.54 Å². The molecule has 3 atom stereocenters. The summed E-state index contributed by atoms with van der Waals surface area (Å²) in [6.45, 7) is 5.57. The number of carbonyl (C=O) groups excluding carboxylic acids is 1. The number of rotatable bonds is 5. The zero-order valence-corrected chi connectivity index (χ0v) is 11.3. The zero-order chi connectivity index (χ0) is 12.8. The van der Waals surface area contributed by atoms with Gasteiger partial charge in [-0.3, -0.25) is 4.79 Å². The van der Waals surface area contributed by atoms with Crippen molar-refractivity contribution in [1.29, 1.82) is 0 Å². The van der Waals surface area contributed by atoms with Crippen LogP contribution < -0.4 is 5.73 Å². The summed E-state index contributed by atoms with van der Waals surface area (Å²) in [6, 6.07) is -0.381. The first-order valence-electron chi connectivity index (χ1n) is 6.68. The Labute approximate surface area is 104 Å². The topological polar surface area (TPSA) is 55.6 Å². The summed E-state index contributed by atoms with van der Waals surface area (Å²) in [4.78, 5) is 13.8. The maximum Gasteiger partial charge on any atom is 0.239 e. The van der Waals surface area contributed by atoms with Crippen LogP contribution in [-0.2, 0) is 9.53 Å². The van der Waals surface area contributed by atoms with Gasteiger partial charge in [0.05, 0.1) is 12.1 Å². The Morgan fingerprint density at radius 3 is 2.76 bits per heavy atom. The molecule has 0 spiro atoms. The molecule has 17 heavy (non-hydrogen) atoms. The molecule has 1 amide bonds. The zero-order valence-electron chi connectivity index (χ0n) is 11.3. The molecule has 0 aliphatic carbocycles. The van der Waals surface area contributed by atoms with Crippen molar-refractivity contribution >= 4 is 5.91 Å². The molecule has 1 saturated heterocycles. The van der Waals surface area contributed by atoms with E-state index in [1.165, 1.54) is 6.42 Å². The highest BCUT2D eigenvalue weighted by molar-refractivity contribution is 5.81. The van der Waals surface area contributed by atoms with Crippen molar-refractivity contribution in [2.75, 3.05) is 20.2 Å². The predicted octanol–water partition coefficient (Wildman–Crippen LogP) is 1.39. The molecule has 1 aliphatic rings. The van der Waals surface area contributed by atoms with E-state index in [0.717, 1.165) is 25.9 Å². The lowest BCUT2D eigenvalue weighted by Crippen LogP contribution is -2.48. The normalized spacial score (nSPS) is 24.1. The highest BCUT2D eigenvalue weighted by Gasteiger charge is 2.25. The summed E-state index contributed by atoms with van der Waals surface area (Å²) in [6.07, 6.45) is 4.52. The Kier molecular flexibility index (Phi) is 5.92. The van der Waals surface area contributed by atoms with Gasteiger partial charge in [0, 0.05) is 20.2 Å². The van der Waals surface area contributed by atoms with Crippen molar-refractivity contribution in [3.8, 4) is 0 Å². The maximum atomic E-state index is 12.1.